The van der Waals surface area contributed by atoms with Crippen LogP contribution in [0.3, 0.4) is 0 Å². The summed E-state index contributed by atoms with van der Waals surface area (Å²) >= 11 is 1.77. The van der Waals surface area contributed by atoms with Crippen LogP contribution in [0.1, 0.15) is 22.5 Å². The van der Waals surface area contributed by atoms with Gasteiger partial charge in [0, 0.05) is 12.2 Å². The van der Waals surface area contributed by atoms with Gasteiger partial charge in [-0.05, 0) is 37.5 Å². The number of carboxylic acids is 1. The Kier molecular flexibility index (Phi) is 5.11. The van der Waals surface area contributed by atoms with E-state index in [4.69, 9.17) is 5.11 Å². The highest BCUT2D eigenvalue weighted by molar-refractivity contribution is 7.98. The minimum absolute atomic E-state index is 0.231. The van der Waals surface area contributed by atoms with Crippen molar-refractivity contribution in [2.45, 2.75) is 13.3 Å². The van der Waals surface area contributed by atoms with Gasteiger partial charge >= 0.3 is 5.97 Å². The number of thioether (sulfide) groups is 1. The molecule has 0 aliphatic rings. The van der Waals surface area contributed by atoms with E-state index in [1.807, 2.05) is 13.2 Å². The van der Waals surface area contributed by atoms with Crippen LogP contribution in [0.2, 0.25) is 0 Å². The third-order valence-corrected chi connectivity index (χ3v) is 2.78. The maximum atomic E-state index is 10.9. The molecule has 0 aliphatic heterocycles. The molecule has 1 heterocycles. The molecular weight excluding hydrogens is 224 g/mol. The van der Waals surface area contributed by atoms with Crippen molar-refractivity contribution in [1.82, 2.24) is 4.98 Å². The monoisotopic (exact) mass is 240 g/mol. The van der Waals surface area contributed by atoms with E-state index < -0.39 is 5.97 Å². The Balaban J connectivity index is 2.68. The minimum Gasteiger partial charge on any atom is -0.478 e. The van der Waals surface area contributed by atoms with Crippen LogP contribution in [0.15, 0.2) is 12.1 Å². The molecule has 0 radical (unpaired) electrons. The molecule has 0 amide bonds. The summed E-state index contributed by atoms with van der Waals surface area (Å²) in [6.45, 7) is 2.59. The van der Waals surface area contributed by atoms with Gasteiger partial charge in [0.15, 0.2) is 0 Å². The fourth-order valence-corrected chi connectivity index (χ4v) is 1.72. The lowest BCUT2D eigenvalue weighted by Crippen LogP contribution is -2.10. The summed E-state index contributed by atoms with van der Waals surface area (Å²) in [7, 11) is 0. The molecule has 4 nitrogen and oxygen atoms in total. The number of hydrogen-bond donors (Lipinski definition) is 2. The third-order valence-electron chi connectivity index (χ3n) is 2.08. The van der Waals surface area contributed by atoms with Gasteiger partial charge < -0.3 is 10.4 Å². The molecule has 0 saturated carbocycles. The lowest BCUT2D eigenvalue weighted by Gasteiger charge is -2.08. The van der Waals surface area contributed by atoms with Crippen LogP contribution in [0.5, 0.6) is 0 Å². The van der Waals surface area contributed by atoms with E-state index >= 15 is 0 Å². The zero-order chi connectivity index (χ0) is 12.0. The number of pyridine rings is 1. The SMILES string of the molecule is CSCCCNc1nc(C)ccc1C(=O)O. The largest absolute Gasteiger partial charge is 0.478 e. The molecule has 16 heavy (non-hydrogen) atoms. The Labute approximate surface area is 99.5 Å². The van der Waals surface area contributed by atoms with E-state index in [1.165, 1.54) is 0 Å². The number of carbonyl (C=O) groups is 1. The van der Waals surface area contributed by atoms with Crippen molar-refractivity contribution in [3.05, 3.63) is 23.4 Å². The molecule has 0 atom stereocenters. The van der Waals surface area contributed by atoms with Crippen molar-refractivity contribution in [2.24, 2.45) is 0 Å². The van der Waals surface area contributed by atoms with E-state index in [-0.39, 0.29) is 5.56 Å². The molecule has 88 valence electrons. The number of rotatable bonds is 6. The number of aromatic nitrogens is 1. The standard InChI is InChI=1S/C11H16N2O2S/c1-8-4-5-9(11(14)15)10(13-8)12-6-3-7-16-2/h4-5H,3,6-7H2,1-2H3,(H,12,13)(H,14,15). The zero-order valence-corrected chi connectivity index (χ0v) is 10.3. The summed E-state index contributed by atoms with van der Waals surface area (Å²) in [5.74, 6) is 0.578. The Hall–Kier alpha value is -1.23. The van der Waals surface area contributed by atoms with Gasteiger partial charge in [0.25, 0.3) is 0 Å². The second-order valence-corrected chi connectivity index (χ2v) is 4.41. The molecule has 0 bridgehead atoms. The molecule has 0 unspecified atom stereocenters. The van der Waals surface area contributed by atoms with Crippen molar-refractivity contribution in [2.75, 3.05) is 23.9 Å². The molecule has 0 fully saturated rings. The van der Waals surface area contributed by atoms with Gasteiger partial charge in [-0.25, -0.2) is 9.78 Å². The van der Waals surface area contributed by atoms with Gasteiger partial charge in [0.1, 0.15) is 11.4 Å². The molecule has 0 saturated heterocycles. The second kappa shape index (κ2) is 6.37. The first-order chi connectivity index (χ1) is 7.65. The first kappa shape index (κ1) is 12.8. The van der Waals surface area contributed by atoms with Crippen LogP contribution in [0.25, 0.3) is 0 Å². The van der Waals surface area contributed by atoms with Gasteiger partial charge in [0.2, 0.25) is 0 Å². The number of carboxylic acid groups (broad SMARTS) is 1. The topological polar surface area (TPSA) is 62.2 Å². The summed E-state index contributed by atoms with van der Waals surface area (Å²) < 4.78 is 0. The molecule has 2 N–H and O–H groups in total. The summed E-state index contributed by atoms with van der Waals surface area (Å²) in [6, 6.07) is 3.29. The normalized spacial score (nSPS) is 10.1. The quantitative estimate of drug-likeness (QED) is 0.747. The fraction of sp³-hybridized carbons (Fsp3) is 0.455. The second-order valence-electron chi connectivity index (χ2n) is 3.43. The van der Waals surface area contributed by atoms with E-state index in [0.717, 1.165) is 24.4 Å². The molecule has 0 aliphatic carbocycles. The average molecular weight is 240 g/mol. The predicted molar refractivity (Wildman–Crippen MR) is 67.4 cm³/mol. The molecule has 1 rings (SSSR count). The number of nitrogens with zero attached hydrogens (tertiary/aromatic N) is 1. The van der Waals surface area contributed by atoms with E-state index in [1.54, 1.807) is 23.9 Å². The van der Waals surface area contributed by atoms with Crippen molar-refractivity contribution in [3.8, 4) is 0 Å². The summed E-state index contributed by atoms with van der Waals surface area (Å²) in [4.78, 5) is 15.1. The molecule has 5 heteroatoms. The number of nitrogens with one attached hydrogen (secondary N) is 1. The Morgan fingerprint density at radius 1 is 1.56 bits per heavy atom. The molecule has 0 spiro atoms. The lowest BCUT2D eigenvalue weighted by atomic mass is 10.2. The first-order valence-electron chi connectivity index (χ1n) is 5.09. The summed E-state index contributed by atoms with van der Waals surface area (Å²) in [5, 5.41) is 12.0. The average Bonchev–Trinajstić information content (AvgIpc) is 2.24. The number of aryl methyl sites for hydroxylation is 1. The molecular formula is C11H16N2O2S. The lowest BCUT2D eigenvalue weighted by molar-refractivity contribution is 0.0697. The number of aromatic carboxylic acids is 1. The molecule has 0 aromatic carbocycles. The van der Waals surface area contributed by atoms with Gasteiger partial charge in [-0.2, -0.15) is 11.8 Å². The van der Waals surface area contributed by atoms with Crippen LogP contribution in [-0.2, 0) is 0 Å². The van der Waals surface area contributed by atoms with Crippen LogP contribution in [-0.4, -0.2) is 34.6 Å². The molecule has 1 aromatic rings. The maximum Gasteiger partial charge on any atom is 0.339 e. The van der Waals surface area contributed by atoms with Crippen LogP contribution >= 0.6 is 11.8 Å². The summed E-state index contributed by atoms with van der Waals surface area (Å²) in [6.07, 6.45) is 3.05. The van der Waals surface area contributed by atoms with E-state index in [9.17, 15) is 4.79 Å². The summed E-state index contributed by atoms with van der Waals surface area (Å²) in [5.41, 5.74) is 1.05. The Morgan fingerprint density at radius 2 is 2.31 bits per heavy atom. The smallest absolute Gasteiger partial charge is 0.339 e. The minimum atomic E-state index is -0.945. The van der Waals surface area contributed by atoms with Gasteiger partial charge in [-0.1, -0.05) is 0 Å². The highest BCUT2D eigenvalue weighted by Crippen LogP contribution is 2.13. The highest BCUT2D eigenvalue weighted by Gasteiger charge is 2.10. The van der Waals surface area contributed by atoms with Crippen molar-refractivity contribution in [1.29, 1.82) is 0 Å². The Morgan fingerprint density at radius 3 is 2.94 bits per heavy atom. The van der Waals surface area contributed by atoms with Crippen LogP contribution in [0, 0.1) is 6.92 Å². The van der Waals surface area contributed by atoms with Crippen LogP contribution < -0.4 is 5.32 Å². The third kappa shape index (κ3) is 3.73. The van der Waals surface area contributed by atoms with Gasteiger partial charge in [-0.3, -0.25) is 0 Å². The van der Waals surface area contributed by atoms with Crippen molar-refractivity contribution < 1.29 is 9.90 Å². The first-order valence-corrected chi connectivity index (χ1v) is 6.48. The highest BCUT2D eigenvalue weighted by atomic mass is 32.2. The molecule has 1 aromatic heterocycles. The van der Waals surface area contributed by atoms with Crippen molar-refractivity contribution in [3.63, 3.8) is 0 Å². The Bertz CT molecular complexity index is 369. The predicted octanol–water partition coefficient (Wildman–Crippen LogP) is 2.25. The van der Waals surface area contributed by atoms with Gasteiger partial charge in [0.05, 0.1) is 0 Å². The number of anilines is 1. The van der Waals surface area contributed by atoms with E-state index in [2.05, 4.69) is 10.3 Å². The number of hydrogen-bond acceptors (Lipinski definition) is 4. The van der Waals surface area contributed by atoms with Crippen LogP contribution in [0.4, 0.5) is 5.82 Å². The zero-order valence-electron chi connectivity index (χ0n) is 9.49. The fourth-order valence-electron chi connectivity index (χ4n) is 1.29. The van der Waals surface area contributed by atoms with Gasteiger partial charge in [-0.15, -0.1) is 0 Å². The maximum absolute atomic E-state index is 10.9. The van der Waals surface area contributed by atoms with Crippen molar-refractivity contribution >= 4 is 23.5 Å². The van der Waals surface area contributed by atoms with E-state index in [0.29, 0.717) is 5.82 Å².